The number of carbonyl (C=O) groups is 1. The fourth-order valence-corrected chi connectivity index (χ4v) is 3.62. The number of aromatic nitrogens is 4. The molecule has 1 amide bonds. The van der Waals surface area contributed by atoms with E-state index in [4.69, 9.17) is 16.3 Å². The minimum atomic E-state index is -3.47. The molecule has 0 aliphatic carbocycles. The number of amides is 1. The summed E-state index contributed by atoms with van der Waals surface area (Å²) in [5, 5.41) is 15.8. The standard InChI is InChI=1S/C20H23ClN6O4S/c1-4-17(27-24-19(23-26-27)13-6-8-14(21)9-7-13)20(28)22-15-10-11-16(18(12-15)31-3)25-32(29,30)5-2/h6-12,17,25H,4-5H2,1-3H3,(H,22,28). The van der Waals surface area contributed by atoms with E-state index in [1.165, 1.54) is 31.0 Å². The first-order valence-corrected chi connectivity index (χ1v) is 11.8. The predicted octanol–water partition coefficient (Wildman–Crippen LogP) is 3.35. The zero-order valence-corrected chi connectivity index (χ0v) is 19.3. The predicted molar refractivity (Wildman–Crippen MR) is 122 cm³/mol. The van der Waals surface area contributed by atoms with E-state index >= 15 is 0 Å². The van der Waals surface area contributed by atoms with Crippen molar-refractivity contribution in [3.8, 4) is 17.1 Å². The van der Waals surface area contributed by atoms with Crippen LogP contribution in [-0.4, -0.2) is 47.4 Å². The van der Waals surface area contributed by atoms with Crippen molar-refractivity contribution in [1.82, 2.24) is 20.2 Å². The number of methoxy groups -OCH3 is 1. The minimum absolute atomic E-state index is 0.0737. The van der Waals surface area contributed by atoms with Crippen molar-refractivity contribution in [2.45, 2.75) is 26.3 Å². The van der Waals surface area contributed by atoms with Crippen LogP contribution in [0.3, 0.4) is 0 Å². The van der Waals surface area contributed by atoms with Crippen LogP contribution in [0.2, 0.25) is 5.02 Å². The third-order valence-electron chi connectivity index (χ3n) is 4.61. The molecule has 32 heavy (non-hydrogen) atoms. The van der Waals surface area contributed by atoms with Gasteiger partial charge in [0.1, 0.15) is 5.75 Å². The second kappa shape index (κ2) is 9.96. The number of hydrogen-bond donors (Lipinski definition) is 2. The molecule has 3 aromatic rings. The van der Waals surface area contributed by atoms with Crippen LogP contribution in [0.25, 0.3) is 11.4 Å². The fourth-order valence-electron chi connectivity index (χ4n) is 2.84. The smallest absolute Gasteiger partial charge is 0.251 e. The molecule has 170 valence electrons. The number of sulfonamides is 1. The summed E-state index contributed by atoms with van der Waals surface area (Å²) in [7, 11) is -2.06. The molecule has 0 fully saturated rings. The number of nitrogens with one attached hydrogen (secondary N) is 2. The van der Waals surface area contributed by atoms with E-state index in [1.54, 1.807) is 30.3 Å². The summed E-state index contributed by atoms with van der Waals surface area (Å²) in [6, 6.07) is 10.9. The average Bonchev–Trinajstić information content (AvgIpc) is 3.25. The first kappa shape index (κ1) is 23.5. The van der Waals surface area contributed by atoms with Gasteiger partial charge in [-0.15, -0.1) is 10.2 Å². The van der Waals surface area contributed by atoms with Gasteiger partial charge in [0, 0.05) is 22.3 Å². The number of benzene rings is 2. The molecule has 0 spiro atoms. The molecule has 1 heterocycles. The molecule has 12 heteroatoms. The van der Waals surface area contributed by atoms with Crippen molar-refractivity contribution in [2.24, 2.45) is 0 Å². The molecule has 1 atom stereocenters. The van der Waals surface area contributed by atoms with Gasteiger partial charge < -0.3 is 10.1 Å². The highest BCUT2D eigenvalue weighted by molar-refractivity contribution is 7.92. The summed E-state index contributed by atoms with van der Waals surface area (Å²) in [6.07, 6.45) is 0.424. The van der Waals surface area contributed by atoms with Crippen LogP contribution in [0.4, 0.5) is 11.4 Å². The highest BCUT2D eigenvalue weighted by Crippen LogP contribution is 2.29. The number of nitrogens with zero attached hydrogens (tertiary/aromatic N) is 4. The number of anilines is 2. The molecule has 0 saturated carbocycles. The first-order chi connectivity index (χ1) is 15.3. The van der Waals surface area contributed by atoms with Gasteiger partial charge in [-0.05, 0) is 55.0 Å². The summed E-state index contributed by atoms with van der Waals surface area (Å²) < 4.78 is 31.4. The minimum Gasteiger partial charge on any atom is -0.494 e. The Bertz CT molecular complexity index is 1200. The molecule has 1 aromatic heterocycles. The monoisotopic (exact) mass is 478 g/mol. The largest absolute Gasteiger partial charge is 0.494 e. The second-order valence-corrected chi connectivity index (χ2v) is 9.22. The molecule has 0 aliphatic rings. The number of carbonyl (C=O) groups excluding carboxylic acids is 1. The summed E-state index contributed by atoms with van der Waals surface area (Å²) in [6.45, 7) is 3.36. The molecule has 0 radical (unpaired) electrons. The molecular weight excluding hydrogens is 456 g/mol. The maximum atomic E-state index is 12.9. The third kappa shape index (κ3) is 5.54. The molecule has 1 unspecified atom stereocenters. The van der Waals surface area contributed by atoms with Crippen LogP contribution in [0.5, 0.6) is 5.75 Å². The van der Waals surface area contributed by atoms with E-state index in [9.17, 15) is 13.2 Å². The van der Waals surface area contributed by atoms with Crippen LogP contribution in [0.1, 0.15) is 26.3 Å². The summed E-state index contributed by atoms with van der Waals surface area (Å²) in [5.74, 6) is 0.228. The van der Waals surface area contributed by atoms with E-state index in [0.717, 1.165) is 5.56 Å². The van der Waals surface area contributed by atoms with Crippen LogP contribution in [0.15, 0.2) is 42.5 Å². The average molecular weight is 479 g/mol. The Hall–Kier alpha value is -3.18. The summed E-state index contributed by atoms with van der Waals surface area (Å²) in [4.78, 5) is 14.1. The molecule has 0 aliphatic heterocycles. The topological polar surface area (TPSA) is 128 Å². The highest BCUT2D eigenvalue weighted by atomic mass is 35.5. The normalized spacial score (nSPS) is 12.2. The van der Waals surface area contributed by atoms with Crippen molar-refractivity contribution in [3.63, 3.8) is 0 Å². The zero-order chi connectivity index (χ0) is 23.3. The molecule has 0 saturated heterocycles. The van der Waals surface area contributed by atoms with E-state index in [2.05, 4.69) is 25.4 Å². The maximum absolute atomic E-state index is 12.9. The Balaban J connectivity index is 1.77. The van der Waals surface area contributed by atoms with E-state index in [0.29, 0.717) is 23.0 Å². The molecule has 10 nitrogen and oxygen atoms in total. The second-order valence-electron chi connectivity index (χ2n) is 6.77. The molecule has 2 aromatic carbocycles. The third-order valence-corrected chi connectivity index (χ3v) is 6.16. The molecular formula is C20H23ClN6O4S. The van der Waals surface area contributed by atoms with Gasteiger partial charge in [0.25, 0.3) is 5.91 Å². The van der Waals surface area contributed by atoms with E-state index in [1.807, 2.05) is 6.92 Å². The number of ether oxygens (including phenoxy) is 1. The van der Waals surface area contributed by atoms with Gasteiger partial charge in [-0.3, -0.25) is 9.52 Å². The van der Waals surface area contributed by atoms with Gasteiger partial charge >= 0.3 is 0 Å². The number of hydrogen-bond acceptors (Lipinski definition) is 7. The highest BCUT2D eigenvalue weighted by Gasteiger charge is 2.23. The van der Waals surface area contributed by atoms with Gasteiger partial charge in [-0.1, -0.05) is 18.5 Å². The zero-order valence-electron chi connectivity index (χ0n) is 17.7. The van der Waals surface area contributed by atoms with E-state index in [-0.39, 0.29) is 23.1 Å². The fraction of sp³-hybridized carbons (Fsp3) is 0.300. The number of halogens is 1. The Kier molecular flexibility index (Phi) is 7.31. The van der Waals surface area contributed by atoms with Crippen molar-refractivity contribution >= 4 is 38.9 Å². The van der Waals surface area contributed by atoms with Crippen molar-refractivity contribution < 1.29 is 17.9 Å². The van der Waals surface area contributed by atoms with Crippen molar-refractivity contribution in [2.75, 3.05) is 22.9 Å². The SMILES string of the molecule is CCC(C(=O)Nc1ccc(NS(=O)(=O)CC)c(OC)c1)n1nnc(-c2ccc(Cl)cc2)n1. The van der Waals surface area contributed by atoms with Crippen molar-refractivity contribution in [3.05, 3.63) is 47.5 Å². The lowest BCUT2D eigenvalue weighted by Crippen LogP contribution is -2.27. The van der Waals surface area contributed by atoms with Gasteiger partial charge in [0.05, 0.1) is 18.6 Å². The lowest BCUT2D eigenvalue weighted by molar-refractivity contribution is -0.119. The summed E-state index contributed by atoms with van der Waals surface area (Å²) >= 11 is 5.91. The number of tetrazole rings is 1. The number of rotatable bonds is 9. The van der Waals surface area contributed by atoms with Crippen LogP contribution < -0.4 is 14.8 Å². The first-order valence-electron chi connectivity index (χ1n) is 9.81. The quantitative estimate of drug-likeness (QED) is 0.482. The van der Waals surface area contributed by atoms with Crippen LogP contribution >= 0.6 is 11.6 Å². The van der Waals surface area contributed by atoms with E-state index < -0.39 is 16.1 Å². The Morgan fingerprint density at radius 3 is 2.53 bits per heavy atom. The molecule has 0 bridgehead atoms. The van der Waals surface area contributed by atoms with Crippen LogP contribution in [-0.2, 0) is 14.8 Å². The van der Waals surface area contributed by atoms with Gasteiger partial charge in [-0.25, -0.2) is 8.42 Å². The van der Waals surface area contributed by atoms with Gasteiger partial charge in [0.15, 0.2) is 6.04 Å². The Morgan fingerprint density at radius 2 is 1.91 bits per heavy atom. The summed E-state index contributed by atoms with van der Waals surface area (Å²) in [5.41, 5.74) is 1.44. The molecule has 3 rings (SSSR count). The van der Waals surface area contributed by atoms with Gasteiger partial charge in [-0.2, -0.15) is 4.80 Å². The Labute approximate surface area is 191 Å². The maximum Gasteiger partial charge on any atom is 0.251 e. The molecule has 2 N–H and O–H groups in total. The van der Waals surface area contributed by atoms with Crippen molar-refractivity contribution in [1.29, 1.82) is 0 Å². The van der Waals surface area contributed by atoms with Crippen LogP contribution in [0, 0.1) is 0 Å². The Morgan fingerprint density at radius 1 is 1.19 bits per heavy atom. The lowest BCUT2D eigenvalue weighted by atomic mass is 10.2. The lowest BCUT2D eigenvalue weighted by Gasteiger charge is -2.16. The van der Waals surface area contributed by atoms with Gasteiger partial charge in [0.2, 0.25) is 15.8 Å².